The van der Waals surface area contributed by atoms with Crippen LogP contribution in [0, 0.1) is 28.7 Å². The maximum absolute atomic E-state index is 3.06. The zero-order chi connectivity index (χ0) is 15.9. The van der Waals surface area contributed by atoms with Crippen LogP contribution in [0.15, 0.2) is 72.8 Å². The number of halogens is 2. The number of benzene rings is 2. The van der Waals surface area contributed by atoms with Gasteiger partial charge in [0, 0.05) is 0 Å². The summed E-state index contributed by atoms with van der Waals surface area (Å²) in [5, 5.41) is 5.39. The summed E-state index contributed by atoms with van der Waals surface area (Å²) in [6, 6.07) is 25.7. The van der Waals surface area contributed by atoms with Crippen molar-refractivity contribution in [2.24, 2.45) is 0 Å². The Bertz CT molecular complexity index is 726. The number of hydrogen-bond acceptors (Lipinski definition) is 0. The third-order valence-electron chi connectivity index (χ3n) is 3.52. The van der Waals surface area contributed by atoms with E-state index in [0.717, 1.165) is 0 Å². The molecule has 0 aromatic heterocycles. The number of hydrogen-bond donors (Lipinski definition) is 0. The minimum absolute atomic E-state index is 0. The predicted molar refractivity (Wildman–Crippen MR) is 128 cm³/mol. The van der Waals surface area contributed by atoms with Crippen LogP contribution in [0.4, 0.5) is 0 Å². The van der Waals surface area contributed by atoms with E-state index in [4.69, 9.17) is 0 Å². The molecule has 0 aliphatic heterocycles. The summed E-state index contributed by atoms with van der Waals surface area (Å²) in [4.78, 5) is 0. The molecule has 0 heterocycles. The summed E-state index contributed by atoms with van der Waals surface area (Å²) in [7, 11) is 0. The van der Waals surface area contributed by atoms with Crippen LogP contribution >= 0.6 is 34.0 Å². The molecule has 140 valence electrons. The van der Waals surface area contributed by atoms with Gasteiger partial charge in [0.1, 0.15) is 0 Å². The minimum atomic E-state index is 0. The maximum atomic E-state index is 3.06. The van der Waals surface area contributed by atoms with E-state index in [0.29, 0.717) is 0 Å². The molecule has 4 heteroatoms. The van der Waals surface area contributed by atoms with Gasteiger partial charge in [0.25, 0.3) is 0 Å². The fourth-order valence-electron chi connectivity index (χ4n) is 2.61. The van der Waals surface area contributed by atoms with Crippen molar-refractivity contribution >= 4 is 62.4 Å². The molecule has 0 aliphatic rings. The molecule has 0 saturated heterocycles. The first kappa shape index (κ1) is 30.4. The Morgan fingerprint density at radius 2 is 0.962 bits per heavy atom. The van der Waals surface area contributed by atoms with Gasteiger partial charge in [-0.2, -0.15) is 12.1 Å². The fourth-order valence-corrected chi connectivity index (χ4v) is 2.61. The van der Waals surface area contributed by atoms with Crippen molar-refractivity contribution in [1.29, 1.82) is 0 Å². The van der Waals surface area contributed by atoms with Gasteiger partial charge in [-0.1, -0.05) is 26.0 Å². The molecule has 0 unspecified atom stereocenters. The van der Waals surface area contributed by atoms with Crippen LogP contribution in [0.25, 0.3) is 21.5 Å². The molecule has 0 nitrogen and oxygen atoms in total. The van der Waals surface area contributed by atoms with Crippen molar-refractivity contribution in [3.05, 3.63) is 98.8 Å². The summed E-state index contributed by atoms with van der Waals surface area (Å²) in [6.45, 7) is 7.31. The van der Waals surface area contributed by atoms with Crippen LogP contribution in [0.3, 0.4) is 0 Å². The standard InChI is InChI=1S/2C10H9.2CH3.2BrH.Si.Zr/c2*1-8-6-9-4-2-3-5-10(9)7-8;;;;;;/h2*2-7H,1H3;2*1H3;2*1H;;/q4*-1;;;;. The average Bonchev–Trinajstić information content (AvgIpc) is 3.10. The molecule has 0 spiro atoms. The van der Waals surface area contributed by atoms with Gasteiger partial charge in [0.15, 0.2) is 0 Å². The van der Waals surface area contributed by atoms with E-state index >= 15 is 0 Å². The average molecular weight is 570 g/mol. The first-order valence-corrected chi connectivity index (χ1v) is 11.4. The Balaban J connectivity index is -0.000000326. The Kier molecular flexibility index (Phi) is 18.4. The zero-order valence-electron chi connectivity index (χ0n) is 15.7. The quantitative estimate of drug-likeness (QED) is 0.153. The molecule has 0 N–H and O–H groups in total. The molecule has 2 radical (unpaired) electrons. The van der Waals surface area contributed by atoms with Gasteiger partial charge in [0.05, 0.1) is 0 Å². The van der Waals surface area contributed by atoms with Gasteiger partial charge >= 0.3 is 30.2 Å². The van der Waals surface area contributed by atoms with Crippen LogP contribution in [0.1, 0.15) is 11.1 Å². The van der Waals surface area contributed by atoms with E-state index in [1.165, 1.54) is 56.0 Å². The summed E-state index contributed by atoms with van der Waals surface area (Å²) in [5.74, 6) is 0. The third-order valence-corrected chi connectivity index (χ3v) is 3.52. The van der Waals surface area contributed by atoms with Crippen molar-refractivity contribution in [3.8, 4) is 0 Å². The first-order valence-electron chi connectivity index (χ1n) is 7.21. The van der Waals surface area contributed by atoms with Crippen LogP contribution in [0.2, 0.25) is 0 Å². The molecule has 26 heavy (non-hydrogen) atoms. The molecular formula is C22H26Br2SiZr-4. The first-order chi connectivity index (χ1) is 10.7. The number of fused-ring (bicyclic) bond motifs is 2. The molecule has 0 aliphatic carbocycles. The molecule has 4 aromatic rings. The van der Waals surface area contributed by atoms with E-state index in [1.54, 1.807) is 0 Å². The fraction of sp³-hybridized carbons (Fsp3) is 0.0909. The van der Waals surface area contributed by atoms with Gasteiger partial charge in [-0.05, 0) is 0 Å². The van der Waals surface area contributed by atoms with E-state index in [-0.39, 0.29) is 48.8 Å². The molecular weight excluding hydrogens is 543 g/mol. The third kappa shape index (κ3) is 8.61. The molecule has 4 aromatic carbocycles. The van der Waals surface area contributed by atoms with Gasteiger partial charge in [-0.3, -0.25) is 0 Å². The number of aryl methyl sites for hydroxylation is 2. The van der Waals surface area contributed by atoms with Crippen LogP contribution < -0.4 is 0 Å². The Morgan fingerprint density at radius 1 is 0.654 bits per heavy atom. The monoisotopic (exact) mass is 566 g/mol. The molecule has 0 amide bonds. The van der Waals surface area contributed by atoms with Gasteiger partial charge in [-0.25, -0.2) is 0 Å². The van der Waals surface area contributed by atoms with Gasteiger partial charge < -0.3 is 14.9 Å². The van der Waals surface area contributed by atoms with Crippen molar-refractivity contribution < 1.29 is 23.3 Å². The second-order valence-corrected chi connectivity index (χ2v) is 5.32. The SMILES string of the molecule is Br.Br.Cc1cc2ccccc2[cH-]1.Cc1cc2ccccc2[cH-]1.[CH3-].[CH3-].[Si]=[Zr]. The summed E-state index contributed by atoms with van der Waals surface area (Å²) in [6.07, 6.45) is 0. The van der Waals surface area contributed by atoms with Gasteiger partial charge in [0.2, 0.25) is 0 Å². The van der Waals surface area contributed by atoms with Crippen molar-refractivity contribution in [2.75, 3.05) is 0 Å². The van der Waals surface area contributed by atoms with Crippen molar-refractivity contribution in [3.63, 3.8) is 0 Å². The second kappa shape index (κ2) is 15.7. The van der Waals surface area contributed by atoms with E-state index < -0.39 is 0 Å². The van der Waals surface area contributed by atoms with Crippen LogP contribution in [0.5, 0.6) is 0 Å². The second-order valence-electron chi connectivity index (χ2n) is 5.32. The van der Waals surface area contributed by atoms with E-state index in [2.05, 4.69) is 93.5 Å². The van der Waals surface area contributed by atoms with Crippen LogP contribution in [-0.2, 0) is 23.3 Å². The molecule has 0 bridgehead atoms. The predicted octanol–water partition coefficient (Wildman–Crippen LogP) is 7.41. The summed E-state index contributed by atoms with van der Waals surface area (Å²) >= 11 is 1.36. The van der Waals surface area contributed by atoms with Crippen molar-refractivity contribution in [2.45, 2.75) is 13.8 Å². The Morgan fingerprint density at radius 3 is 1.27 bits per heavy atom. The van der Waals surface area contributed by atoms with Crippen LogP contribution in [-0.4, -0.2) is 6.88 Å². The van der Waals surface area contributed by atoms with E-state index in [1.807, 2.05) is 0 Å². The molecule has 0 atom stereocenters. The molecule has 4 rings (SSSR count). The zero-order valence-corrected chi connectivity index (χ0v) is 22.6. The molecule has 0 fully saturated rings. The number of rotatable bonds is 0. The Labute approximate surface area is 196 Å². The van der Waals surface area contributed by atoms with Crippen molar-refractivity contribution in [1.82, 2.24) is 0 Å². The molecule has 0 saturated carbocycles. The normalized spacial score (nSPS) is 8.19. The summed E-state index contributed by atoms with van der Waals surface area (Å²) in [5.41, 5.74) is 2.70. The van der Waals surface area contributed by atoms with E-state index in [9.17, 15) is 0 Å². The van der Waals surface area contributed by atoms with Gasteiger partial charge in [-0.15, -0.1) is 115 Å². The summed E-state index contributed by atoms with van der Waals surface area (Å²) < 4.78 is 0. The topological polar surface area (TPSA) is 0 Å². The Hall–Kier alpha value is -0.280.